The van der Waals surface area contributed by atoms with Gasteiger partial charge < -0.3 is 15.5 Å². The zero-order valence-corrected chi connectivity index (χ0v) is 20.2. The number of aryl methyl sites for hydroxylation is 2. The van der Waals surface area contributed by atoms with E-state index in [-0.39, 0.29) is 23.9 Å². The SMILES string of the molecule is Cc1sc2ncn(CC(=O)NCCCC(=O)NCCCN3CCC(C)CC3)c(=O)c2c1C. The number of fused-ring (bicyclic) bond motifs is 1. The van der Waals surface area contributed by atoms with Crippen LogP contribution in [0.5, 0.6) is 0 Å². The van der Waals surface area contributed by atoms with Crippen molar-refractivity contribution in [2.24, 2.45) is 5.92 Å². The van der Waals surface area contributed by atoms with Crippen LogP contribution in [0.1, 0.15) is 49.5 Å². The summed E-state index contributed by atoms with van der Waals surface area (Å²) in [7, 11) is 0. The first-order valence-electron chi connectivity index (χ1n) is 11.6. The summed E-state index contributed by atoms with van der Waals surface area (Å²) in [5.74, 6) is 0.594. The molecular formula is C23H35N5O3S. The van der Waals surface area contributed by atoms with Gasteiger partial charge in [0, 0.05) is 24.4 Å². The minimum atomic E-state index is -0.255. The lowest BCUT2D eigenvalue weighted by atomic mass is 9.99. The van der Waals surface area contributed by atoms with Crippen molar-refractivity contribution in [2.75, 3.05) is 32.7 Å². The van der Waals surface area contributed by atoms with E-state index in [9.17, 15) is 14.4 Å². The average molecular weight is 462 g/mol. The lowest BCUT2D eigenvalue weighted by molar-refractivity contribution is -0.123. The van der Waals surface area contributed by atoms with Gasteiger partial charge >= 0.3 is 0 Å². The minimum absolute atomic E-state index is 0.0145. The smallest absolute Gasteiger partial charge is 0.262 e. The highest BCUT2D eigenvalue weighted by atomic mass is 32.1. The van der Waals surface area contributed by atoms with Crippen LogP contribution in [0.2, 0.25) is 0 Å². The predicted molar refractivity (Wildman–Crippen MR) is 128 cm³/mol. The fourth-order valence-electron chi connectivity index (χ4n) is 3.97. The van der Waals surface area contributed by atoms with Gasteiger partial charge in [0.15, 0.2) is 0 Å². The molecule has 8 nitrogen and oxygen atoms in total. The van der Waals surface area contributed by atoms with Crippen LogP contribution in [-0.2, 0) is 16.1 Å². The molecule has 0 saturated carbocycles. The largest absolute Gasteiger partial charge is 0.356 e. The van der Waals surface area contributed by atoms with Crippen LogP contribution in [0.4, 0.5) is 0 Å². The van der Waals surface area contributed by atoms with Crippen molar-refractivity contribution < 1.29 is 9.59 Å². The monoisotopic (exact) mass is 461 g/mol. The molecule has 0 atom stereocenters. The Kier molecular flexibility index (Phi) is 8.81. The van der Waals surface area contributed by atoms with Crippen LogP contribution in [0.15, 0.2) is 11.1 Å². The van der Waals surface area contributed by atoms with Gasteiger partial charge in [-0.05, 0) is 70.6 Å². The number of nitrogens with zero attached hydrogens (tertiary/aromatic N) is 3. The summed E-state index contributed by atoms with van der Waals surface area (Å²) in [6.45, 7) is 10.6. The Morgan fingerprint density at radius 2 is 1.81 bits per heavy atom. The molecule has 0 unspecified atom stereocenters. The molecule has 0 aliphatic carbocycles. The summed E-state index contributed by atoms with van der Waals surface area (Å²) in [4.78, 5) is 45.4. The molecule has 2 aromatic heterocycles. The first-order chi connectivity index (χ1) is 15.3. The number of carbonyl (C=O) groups excluding carboxylic acids is 2. The van der Waals surface area contributed by atoms with Gasteiger partial charge in [-0.25, -0.2) is 4.98 Å². The topological polar surface area (TPSA) is 96.3 Å². The molecule has 1 fully saturated rings. The van der Waals surface area contributed by atoms with Crippen LogP contribution in [-0.4, -0.2) is 59.0 Å². The summed E-state index contributed by atoms with van der Waals surface area (Å²) >= 11 is 1.49. The molecule has 0 aromatic carbocycles. The summed E-state index contributed by atoms with van der Waals surface area (Å²) in [5.41, 5.74) is 0.735. The number of aromatic nitrogens is 2. The normalized spacial score (nSPS) is 15.2. The Bertz CT molecular complexity index is 991. The van der Waals surface area contributed by atoms with Crippen LogP contribution in [0.25, 0.3) is 10.2 Å². The Morgan fingerprint density at radius 1 is 1.12 bits per heavy atom. The number of rotatable bonds is 10. The van der Waals surface area contributed by atoms with E-state index in [1.54, 1.807) is 0 Å². The van der Waals surface area contributed by atoms with Gasteiger partial charge in [0.25, 0.3) is 5.56 Å². The van der Waals surface area contributed by atoms with E-state index >= 15 is 0 Å². The van der Waals surface area contributed by atoms with E-state index in [0.717, 1.165) is 42.4 Å². The van der Waals surface area contributed by atoms with Gasteiger partial charge in [0.2, 0.25) is 11.8 Å². The second-order valence-electron chi connectivity index (χ2n) is 8.82. The zero-order valence-electron chi connectivity index (χ0n) is 19.4. The lowest BCUT2D eigenvalue weighted by Gasteiger charge is -2.30. The Morgan fingerprint density at radius 3 is 2.56 bits per heavy atom. The van der Waals surface area contributed by atoms with Crippen molar-refractivity contribution in [1.29, 1.82) is 0 Å². The summed E-state index contributed by atoms with van der Waals surface area (Å²) in [6, 6.07) is 0. The maximum absolute atomic E-state index is 12.7. The molecule has 0 bridgehead atoms. The van der Waals surface area contributed by atoms with Gasteiger partial charge in [-0.15, -0.1) is 11.3 Å². The van der Waals surface area contributed by atoms with E-state index in [1.807, 2.05) is 13.8 Å². The lowest BCUT2D eigenvalue weighted by Crippen LogP contribution is -2.35. The second-order valence-corrected chi connectivity index (χ2v) is 10.0. The molecule has 1 aliphatic heterocycles. The number of nitrogens with one attached hydrogen (secondary N) is 2. The highest BCUT2D eigenvalue weighted by molar-refractivity contribution is 7.18. The third kappa shape index (κ3) is 6.62. The third-order valence-electron chi connectivity index (χ3n) is 6.22. The Labute approximate surface area is 193 Å². The maximum Gasteiger partial charge on any atom is 0.262 e. The fraction of sp³-hybridized carbons (Fsp3) is 0.652. The van der Waals surface area contributed by atoms with Gasteiger partial charge in [-0.2, -0.15) is 0 Å². The standard InChI is InChI=1S/C23H35N5O3S/c1-16-7-12-27(13-8-16)11-5-10-24-19(29)6-4-9-25-20(30)14-28-15-26-22-21(23(28)31)17(2)18(3)32-22/h15-16H,4-14H2,1-3H3,(H,24,29)(H,25,30). The predicted octanol–water partition coefficient (Wildman–Crippen LogP) is 2.21. The summed E-state index contributed by atoms with van der Waals surface area (Å²) in [5, 5.41) is 6.34. The van der Waals surface area contributed by atoms with Crippen molar-refractivity contribution in [3.63, 3.8) is 0 Å². The first kappa shape index (κ1) is 24.4. The van der Waals surface area contributed by atoms with Crippen molar-refractivity contribution in [3.05, 3.63) is 27.1 Å². The van der Waals surface area contributed by atoms with Gasteiger partial charge in [0.05, 0.1) is 11.7 Å². The number of thiophene rings is 1. The van der Waals surface area contributed by atoms with Gasteiger partial charge in [-0.3, -0.25) is 19.0 Å². The number of carbonyl (C=O) groups is 2. The van der Waals surface area contributed by atoms with Crippen molar-refractivity contribution in [1.82, 2.24) is 25.1 Å². The first-order valence-corrected chi connectivity index (χ1v) is 12.4. The molecule has 2 aromatic rings. The molecule has 1 aliphatic rings. The van der Waals surface area contributed by atoms with Crippen LogP contribution in [0, 0.1) is 19.8 Å². The molecule has 32 heavy (non-hydrogen) atoms. The number of hydrogen-bond acceptors (Lipinski definition) is 6. The molecule has 9 heteroatoms. The quantitative estimate of drug-likeness (QED) is 0.529. The number of likely N-dealkylation sites (tertiary alicyclic amines) is 1. The molecule has 3 heterocycles. The highest BCUT2D eigenvalue weighted by Crippen LogP contribution is 2.25. The van der Waals surface area contributed by atoms with E-state index in [1.165, 1.54) is 35.1 Å². The molecule has 1 saturated heterocycles. The van der Waals surface area contributed by atoms with Crippen LogP contribution >= 0.6 is 11.3 Å². The van der Waals surface area contributed by atoms with Crippen LogP contribution in [0.3, 0.4) is 0 Å². The van der Waals surface area contributed by atoms with Crippen LogP contribution < -0.4 is 16.2 Å². The van der Waals surface area contributed by atoms with E-state index in [0.29, 0.717) is 36.1 Å². The van der Waals surface area contributed by atoms with Crippen molar-refractivity contribution in [3.8, 4) is 0 Å². The highest BCUT2D eigenvalue weighted by Gasteiger charge is 2.15. The van der Waals surface area contributed by atoms with Gasteiger partial charge in [0.1, 0.15) is 11.4 Å². The molecule has 0 radical (unpaired) electrons. The summed E-state index contributed by atoms with van der Waals surface area (Å²) < 4.78 is 1.34. The van der Waals surface area contributed by atoms with E-state index < -0.39 is 0 Å². The molecule has 0 spiro atoms. The Balaban J connectivity index is 1.30. The van der Waals surface area contributed by atoms with E-state index in [2.05, 4.69) is 27.4 Å². The average Bonchev–Trinajstić information content (AvgIpc) is 3.06. The Hall–Kier alpha value is -2.26. The number of piperidine rings is 1. The molecular weight excluding hydrogens is 426 g/mol. The summed E-state index contributed by atoms with van der Waals surface area (Å²) in [6.07, 6.45) is 5.87. The molecule has 3 rings (SSSR count). The van der Waals surface area contributed by atoms with E-state index in [4.69, 9.17) is 0 Å². The maximum atomic E-state index is 12.7. The van der Waals surface area contributed by atoms with Crippen molar-refractivity contribution >= 4 is 33.4 Å². The fourth-order valence-corrected chi connectivity index (χ4v) is 4.96. The number of amides is 2. The second kappa shape index (κ2) is 11.6. The number of hydrogen-bond donors (Lipinski definition) is 2. The third-order valence-corrected chi connectivity index (χ3v) is 7.34. The minimum Gasteiger partial charge on any atom is -0.356 e. The molecule has 2 N–H and O–H groups in total. The molecule has 2 amide bonds. The van der Waals surface area contributed by atoms with Crippen molar-refractivity contribution in [2.45, 2.75) is 59.4 Å². The zero-order chi connectivity index (χ0) is 23.1. The molecule has 176 valence electrons. The van der Waals surface area contributed by atoms with Gasteiger partial charge in [-0.1, -0.05) is 6.92 Å².